The molecule has 1 aliphatic heterocycles. The number of aromatic nitrogens is 2. The lowest BCUT2D eigenvalue weighted by Crippen LogP contribution is -3.18. The summed E-state index contributed by atoms with van der Waals surface area (Å²) < 4.78 is 16.1. The Kier molecular flexibility index (Phi) is 5.04. The van der Waals surface area contributed by atoms with Crippen molar-refractivity contribution < 1.29 is 18.9 Å². The summed E-state index contributed by atoms with van der Waals surface area (Å²) in [6.07, 6.45) is 3.83. The molecule has 1 saturated heterocycles. The first-order valence-corrected chi connectivity index (χ1v) is 8.53. The Morgan fingerprint density at radius 3 is 2.50 bits per heavy atom. The van der Waals surface area contributed by atoms with Crippen LogP contribution in [0.2, 0.25) is 0 Å². The number of piperidine rings is 1. The maximum atomic E-state index is 5.49. The van der Waals surface area contributed by atoms with Gasteiger partial charge in [0.2, 0.25) is 5.82 Å². The predicted octanol–water partition coefficient (Wildman–Crippen LogP) is 2.10. The van der Waals surface area contributed by atoms with Crippen LogP contribution >= 0.6 is 0 Å². The van der Waals surface area contributed by atoms with E-state index in [9.17, 15) is 0 Å². The highest BCUT2D eigenvalue weighted by Crippen LogP contribution is 2.31. The third-order valence-corrected chi connectivity index (χ3v) is 5.01. The van der Waals surface area contributed by atoms with E-state index < -0.39 is 0 Å². The molecule has 0 aliphatic carbocycles. The first-order valence-electron chi connectivity index (χ1n) is 8.53. The van der Waals surface area contributed by atoms with Gasteiger partial charge in [0.05, 0.1) is 26.3 Å². The molecule has 0 spiro atoms. The minimum absolute atomic E-state index is 0.586. The van der Waals surface area contributed by atoms with Crippen LogP contribution in [0.25, 0.3) is 11.4 Å². The Morgan fingerprint density at radius 2 is 1.83 bits per heavy atom. The van der Waals surface area contributed by atoms with Crippen molar-refractivity contribution in [3.8, 4) is 22.9 Å². The Morgan fingerprint density at radius 1 is 1.12 bits per heavy atom. The van der Waals surface area contributed by atoms with Crippen LogP contribution in [0.4, 0.5) is 0 Å². The van der Waals surface area contributed by atoms with Crippen molar-refractivity contribution >= 4 is 0 Å². The highest BCUT2D eigenvalue weighted by molar-refractivity contribution is 5.60. The van der Waals surface area contributed by atoms with E-state index in [1.54, 1.807) is 14.2 Å². The fourth-order valence-electron chi connectivity index (χ4n) is 3.53. The number of ether oxygens (including phenoxy) is 2. The molecule has 2 aromatic rings. The third-order valence-electron chi connectivity index (χ3n) is 5.01. The van der Waals surface area contributed by atoms with Crippen molar-refractivity contribution in [2.45, 2.75) is 51.7 Å². The maximum absolute atomic E-state index is 5.49. The fourth-order valence-corrected chi connectivity index (χ4v) is 3.53. The van der Waals surface area contributed by atoms with Crippen LogP contribution in [0.15, 0.2) is 22.7 Å². The van der Waals surface area contributed by atoms with Crippen molar-refractivity contribution in [1.82, 2.24) is 10.1 Å². The molecule has 6 nitrogen and oxygen atoms in total. The monoisotopic (exact) mass is 332 g/mol. The molecule has 24 heavy (non-hydrogen) atoms. The number of quaternary nitrogens is 1. The predicted molar refractivity (Wildman–Crippen MR) is 90.3 cm³/mol. The zero-order valence-corrected chi connectivity index (χ0v) is 14.8. The normalized spacial score (nSPS) is 23.9. The van der Waals surface area contributed by atoms with Crippen LogP contribution in [0, 0.1) is 0 Å². The van der Waals surface area contributed by atoms with E-state index in [0.29, 0.717) is 35.3 Å². The van der Waals surface area contributed by atoms with Gasteiger partial charge in [0, 0.05) is 5.56 Å². The van der Waals surface area contributed by atoms with Crippen molar-refractivity contribution in [3.63, 3.8) is 0 Å². The number of nitrogens with zero attached hydrogens (tertiary/aromatic N) is 2. The van der Waals surface area contributed by atoms with Gasteiger partial charge >= 0.3 is 0 Å². The summed E-state index contributed by atoms with van der Waals surface area (Å²) in [6.45, 7) is 5.38. The minimum Gasteiger partial charge on any atom is -0.493 e. The molecule has 2 heterocycles. The van der Waals surface area contributed by atoms with Crippen molar-refractivity contribution in [1.29, 1.82) is 0 Å². The summed E-state index contributed by atoms with van der Waals surface area (Å²) in [5.74, 6) is 2.62. The molecule has 1 aliphatic rings. The molecule has 0 saturated carbocycles. The zero-order valence-electron chi connectivity index (χ0n) is 14.8. The second-order valence-electron chi connectivity index (χ2n) is 6.57. The number of likely N-dealkylation sites (tertiary alicyclic amines) is 1. The molecule has 0 bridgehead atoms. The molecule has 0 amide bonds. The van der Waals surface area contributed by atoms with E-state index in [2.05, 4.69) is 24.0 Å². The molecule has 0 radical (unpaired) electrons. The van der Waals surface area contributed by atoms with Crippen molar-refractivity contribution in [2.75, 3.05) is 14.2 Å². The van der Waals surface area contributed by atoms with E-state index in [1.165, 1.54) is 24.2 Å². The lowest BCUT2D eigenvalue weighted by Gasteiger charge is -2.34. The summed E-state index contributed by atoms with van der Waals surface area (Å²) in [5.41, 5.74) is 0.859. The van der Waals surface area contributed by atoms with Gasteiger partial charge in [-0.05, 0) is 51.3 Å². The number of hydrogen-bond acceptors (Lipinski definition) is 5. The van der Waals surface area contributed by atoms with Gasteiger partial charge in [0.15, 0.2) is 18.0 Å². The number of hydrogen-bond donors (Lipinski definition) is 1. The molecular formula is C18H26N3O3+. The van der Waals surface area contributed by atoms with E-state index in [1.807, 2.05) is 18.2 Å². The average Bonchev–Trinajstić information content (AvgIpc) is 3.06. The summed E-state index contributed by atoms with van der Waals surface area (Å²) in [5, 5.41) is 4.14. The SMILES string of the molecule is COc1ccc(-c2noc(C[NH+]3[C@H](C)CCC[C@@H]3C)n2)cc1OC. The molecule has 6 heteroatoms. The van der Waals surface area contributed by atoms with E-state index in [-0.39, 0.29) is 0 Å². The van der Waals surface area contributed by atoms with Crippen LogP contribution in [0.1, 0.15) is 39.0 Å². The first-order chi connectivity index (χ1) is 11.6. The minimum atomic E-state index is 0.586. The zero-order chi connectivity index (χ0) is 17.1. The van der Waals surface area contributed by atoms with E-state index >= 15 is 0 Å². The third kappa shape index (κ3) is 3.38. The smallest absolute Gasteiger partial charge is 0.282 e. The van der Waals surface area contributed by atoms with Crippen molar-refractivity contribution in [2.24, 2.45) is 0 Å². The van der Waals surface area contributed by atoms with Crippen LogP contribution < -0.4 is 14.4 Å². The van der Waals surface area contributed by atoms with Crippen LogP contribution in [-0.2, 0) is 6.54 Å². The standard InChI is InChI=1S/C18H25N3O3/c1-12-6-5-7-13(2)21(12)11-17-19-18(20-24-17)14-8-9-15(22-3)16(10-14)23-4/h8-10,12-13H,5-7,11H2,1-4H3/p+1/t12-,13+. The van der Waals surface area contributed by atoms with Gasteiger partial charge in [-0.15, -0.1) is 0 Å². The average molecular weight is 332 g/mol. The number of benzene rings is 1. The van der Waals surface area contributed by atoms with Gasteiger partial charge in [0.25, 0.3) is 5.89 Å². The number of rotatable bonds is 5. The molecular weight excluding hydrogens is 306 g/mol. The van der Waals surface area contributed by atoms with Crippen molar-refractivity contribution in [3.05, 3.63) is 24.1 Å². The highest BCUT2D eigenvalue weighted by atomic mass is 16.5. The maximum Gasteiger partial charge on any atom is 0.282 e. The summed E-state index contributed by atoms with van der Waals surface area (Å²) >= 11 is 0. The molecule has 1 N–H and O–H groups in total. The quantitative estimate of drug-likeness (QED) is 0.908. The summed E-state index contributed by atoms with van der Waals surface area (Å²) in [7, 11) is 3.24. The highest BCUT2D eigenvalue weighted by Gasteiger charge is 2.30. The Balaban J connectivity index is 1.78. The number of nitrogens with one attached hydrogen (secondary N) is 1. The molecule has 1 fully saturated rings. The van der Waals surface area contributed by atoms with Gasteiger partial charge in [-0.3, -0.25) is 0 Å². The van der Waals surface area contributed by atoms with Gasteiger partial charge in [-0.25, -0.2) is 0 Å². The Hall–Kier alpha value is -2.08. The lowest BCUT2D eigenvalue weighted by atomic mass is 9.98. The van der Waals surface area contributed by atoms with E-state index in [0.717, 1.165) is 12.1 Å². The van der Waals surface area contributed by atoms with Gasteiger partial charge in [-0.2, -0.15) is 4.98 Å². The summed E-state index contributed by atoms with van der Waals surface area (Å²) in [6, 6.07) is 6.89. The summed E-state index contributed by atoms with van der Waals surface area (Å²) in [4.78, 5) is 6.11. The van der Waals surface area contributed by atoms with Gasteiger partial charge < -0.3 is 18.9 Å². The Labute approximate surface area is 142 Å². The molecule has 1 aromatic heterocycles. The second kappa shape index (κ2) is 7.21. The number of methoxy groups -OCH3 is 2. The van der Waals surface area contributed by atoms with E-state index in [4.69, 9.17) is 14.0 Å². The van der Waals surface area contributed by atoms with Gasteiger partial charge in [-0.1, -0.05) is 5.16 Å². The first kappa shape index (κ1) is 16.8. The molecule has 3 atom stereocenters. The molecule has 1 aromatic carbocycles. The second-order valence-corrected chi connectivity index (χ2v) is 6.57. The van der Waals surface area contributed by atoms with Gasteiger partial charge in [0.1, 0.15) is 0 Å². The fraction of sp³-hybridized carbons (Fsp3) is 0.556. The molecule has 3 rings (SSSR count). The molecule has 130 valence electrons. The topological polar surface area (TPSA) is 61.8 Å². The Bertz CT molecular complexity index is 676. The lowest BCUT2D eigenvalue weighted by molar-refractivity contribution is -0.965. The molecule has 1 unspecified atom stereocenters. The van der Waals surface area contributed by atoms with Crippen LogP contribution in [0.5, 0.6) is 11.5 Å². The van der Waals surface area contributed by atoms with Crippen LogP contribution in [0.3, 0.4) is 0 Å². The van der Waals surface area contributed by atoms with Crippen LogP contribution in [-0.4, -0.2) is 36.4 Å². The largest absolute Gasteiger partial charge is 0.493 e.